The van der Waals surface area contributed by atoms with E-state index in [0.717, 1.165) is 17.9 Å². The van der Waals surface area contributed by atoms with Crippen molar-refractivity contribution in [3.63, 3.8) is 0 Å². The summed E-state index contributed by atoms with van der Waals surface area (Å²) in [5, 5.41) is 3.56. The quantitative estimate of drug-likeness (QED) is 0.831. The van der Waals surface area contributed by atoms with Crippen LogP contribution < -0.4 is 10.1 Å². The lowest BCUT2D eigenvalue weighted by Crippen LogP contribution is -2.25. The van der Waals surface area contributed by atoms with Crippen molar-refractivity contribution in [2.45, 2.75) is 31.2 Å². The molecule has 1 unspecified atom stereocenters. The Balaban J connectivity index is 2.41. The first-order valence-electron chi connectivity index (χ1n) is 5.33. The first-order valence-corrected chi connectivity index (χ1v) is 6.31. The van der Waals surface area contributed by atoms with Crippen molar-refractivity contribution in [1.29, 1.82) is 0 Å². The van der Waals surface area contributed by atoms with E-state index in [0.29, 0.717) is 6.04 Å². The van der Waals surface area contributed by atoms with Gasteiger partial charge in [0.2, 0.25) is 0 Å². The maximum absolute atomic E-state index is 5.38. The summed E-state index contributed by atoms with van der Waals surface area (Å²) < 4.78 is 5.38. The third-order valence-corrected chi connectivity index (χ3v) is 4.19. The molecule has 15 heavy (non-hydrogen) atoms. The number of hydrogen-bond donors (Lipinski definition) is 1. The van der Waals surface area contributed by atoms with Crippen molar-refractivity contribution in [3.05, 3.63) is 17.7 Å². The summed E-state index contributed by atoms with van der Waals surface area (Å²) in [5.41, 5.74) is 2.51. The van der Waals surface area contributed by atoms with Gasteiger partial charge < -0.3 is 10.1 Å². The van der Waals surface area contributed by atoms with Gasteiger partial charge in [-0.1, -0.05) is 13.0 Å². The SMILES string of the molecule is CCC1CSc2c(C)ccc(OC)c2N1. The molecule has 0 saturated heterocycles. The maximum atomic E-state index is 5.38. The standard InChI is InChI=1S/C12H17NOS/c1-4-9-7-15-12-8(2)5-6-10(14-3)11(12)13-9/h5-6,9,13H,4,7H2,1-3H3. The van der Waals surface area contributed by atoms with Gasteiger partial charge in [0.1, 0.15) is 5.75 Å². The lowest BCUT2D eigenvalue weighted by Gasteiger charge is -2.28. The minimum Gasteiger partial charge on any atom is -0.495 e. The average Bonchev–Trinajstić information content (AvgIpc) is 2.29. The van der Waals surface area contributed by atoms with Gasteiger partial charge in [-0.25, -0.2) is 0 Å². The van der Waals surface area contributed by atoms with Crippen LogP contribution in [0, 0.1) is 6.92 Å². The number of hydrogen-bond acceptors (Lipinski definition) is 3. The lowest BCUT2D eigenvalue weighted by molar-refractivity contribution is 0.414. The van der Waals surface area contributed by atoms with Gasteiger partial charge in [-0.2, -0.15) is 0 Å². The first-order chi connectivity index (χ1) is 7.26. The Morgan fingerprint density at radius 3 is 3.00 bits per heavy atom. The Bertz CT molecular complexity index is 365. The van der Waals surface area contributed by atoms with E-state index >= 15 is 0 Å². The maximum Gasteiger partial charge on any atom is 0.143 e. The molecule has 0 bridgehead atoms. The molecule has 0 amide bonds. The number of ether oxygens (including phenoxy) is 1. The summed E-state index contributed by atoms with van der Waals surface area (Å²) in [4.78, 5) is 1.35. The number of anilines is 1. The molecule has 3 heteroatoms. The number of nitrogens with one attached hydrogen (secondary N) is 1. The summed E-state index contributed by atoms with van der Waals surface area (Å²) >= 11 is 1.94. The fraction of sp³-hybridized carbons (Fsp3) is 0.500. The van der Waals surface area contributed by atoms with Crippen LogP contribution in [0.4, 0.5) is 5.69 Å². The molecule has 0 spiro atoms. The molecule has 2 rings (SSSR count). The zero-order chi connectivity index (χ0) is 10.8. The number of aryl methyl sites for hydroxylation is 1. The highest BCUT2D eigenvalue weighted by Gasteiger charge is 2.21. The van der Waals surface area contributed by atoms with Gasteiger partial charge in [0.25, 0.3) is 0 Å². The molecular formula is C12H17NOS. The molecule has 1 heterocycles. The number of fused-ring (bicyclic) bond motifs is 1. The third-order valence-electron chi connectivity index (χ3n) is 2.81. The van der Waals surface area contributed by atoms with Crippen LogP contribution in [0.25, 0.3) is 0 Å². The minimum absolute atomic E-state index is 0.568. The molecule has 1 aliphatic rings. The van der Waals surface area contributed by atoms with Crippen molar-refractivity contribution in [2.75, 3.05) is 18.2 Å². The monoisotopic (exact) mass is 223 g/mol. The fourth-order valence-electron chi connectivity index (χ4n) is 1.81. The Morgan fingerprint density at radius 1 is 1.53 bits per heavy atom. The Hall–Kier alpha value is -0.830. The second-order valence-corrected chi connectivity index (χ2v) is 4.88. The zero-order valence-corrected chi connectivity index (χ0v) is 10.3. The van der Waals surface area contributed by atoms with E-state index in [4.69, 9.17) is 4.74 Å². The zero-order valence-electron chi connectivity index (χ0n) is 9.46. The van der Waals surface area contributed by atoms with Crippen molar-refractivity contribution in [3.8, 4) is 5.75 Å². The van der Waals surface area contributed by atoms with Gasteiger partial charge in [-0.3, -0.25) is 0 Å². The van der Waals surface area contributed by atoms with Crippen LogP contribution >= 0.6 is 11.8 Å². The van der Waals surface area contributed by atoms with E-state index in [1.807, 2.05) is 17.8 Å². The predicted octanol–water partition coefficient (Wildman–Crippen LogP) is 3.30. The second-order valence-electron chi connectivity index (χ2n) is 3.85. The van der Waals surface area contributed by atoms with Crippen LogP contribution in [0.1, 0.15) is 18.9 Å². The van der Waals surface area contributed by atoms with Gasteiger partial charge in [0.15, 0.2) is 0 Å². The normalized spacial score (nSPS) is 19.3. The molecule has 0 saturated carbocycles. The number of thioether (sulfide) groups is 1. The van der Waals surface area contributed by atoms with Gasteiger partial charge in [-0.05, 0) is 25.0 Å². The van der Waals surface area contributed by atoms with Gasteiger partial charge in [-0.15, -0.1) is 11.8 Å². The van der Waals surface area contributed by atoms with Crippen LogP contribution in [0.2, 0.25) is 0 Å². The van der Waals surface area contributed by atoms with Crippen LogP contribution in [0.15, 0.2) is 17.0 Å². The van der Waals surface area contributed by atoms with E-state index < -0.39 is 0 Å². The summed E-state index contributed by atoms with van der Waals surface area (Å²) in [6.45, 7) is 4.37. The van der Waals surface area contributed by atoms with E-state index in [-0.39, 0.29) is 0 Å². The lowest BCUT2D eigenvalue weighted by atomic mass is 10.1. The van der Waals surface area contributed by atoms with Crippen LogP contribution in [0.3, 0.4) is 0 Å². The minimum atomic E-state index is 0.568. The highest BCUT2D eigenvalue weighted by molar-refractivity contribution is 7.99. The molecule has 1 N–H and O–H groups in total. The fourth-order valence-corrected chi connectivity index (χ4v) is 3.10. The summed E-state index contributed by atoms with van der Waals surface area (Å²) in [6, 6.07) is 4.73. The van der Waals surface area contributed by atoms with E-state index in [2.05, 4.69) is 25.2 Å². The van der Waals surface area contributed by atoms with Crippen LogP contribution in [-0.4, -0.2) is 18.9 Å². The van der Waals surface area contributed by atoms with Gasteiger partial charge in [0, 0.05) is 16.7 Å². The smallest absolute Gasteiger partial charge is 0.143 e. The number of rotatable bonds is 2. The van der Waals surface area contributed by atoms with Gasteiger partial charge in [0.05, 0.1) is 12.8 Å². The Kier molecular flexibility index (Phi) is 3.10. The van der Waals surface area contributed by atoms with Crippen molar-refractivity contribution in [1.82, 2.24) is 0 Å². The van der Waals surface area contributed by atoms with Crippen molar-refractivity contribution in [2.24, 2.45) is 0 Å². The van der Waals surface area contributed by atoms with Gasteiger partial charge >= 0.3 is 0 Å². The average molecular weight is 223 g/mol. The molecule has 0 radical (unpaired) electrons. The van der Waals surface area contributed by atoms with Crippen molar-refractivity contribution >= 4 is 17.4 Å². The second kappa shape index (κ2) is 4.35. The number of methoxy groups -OCH3 is 1. The highest BCUT2D eigenvalue weighted by Crippen LogP contribution is 2.42. The molecule has 2 nitrogen and oxygen atoms in total. The molecule has 1 atom stereocenters. The molecule has 0 aromatic heterocycles. The molecule has 82 valence electrons. The Morgan fingerprint density at radius 2 is 2.33 bits per heavy atom. The Labute approximate surface area is 95.4 Å². The largest absolute Gasteiger partial charge is 0.495 e. The van der Waals surface area contributed by atoms with E-state index in [1.165, 1.54) is 16.1 Å². The molecular weight excluding hydrogens is 206 g/mol. The number of benzene rings is 1. The molecule has 0 aliphatic carbocycles. The third kappa shape index (κ3) is 1.93. The molecule has 1 aromatic carbocycles. The first kappa shape index (κ1) is 10.7. The van der Waals surface area contributed by atoms with E-state index in [9.17, 15) is 0 Å². The molecule has 1 aliphatic heterocycles. The van der Waals surface area contributed by atoms with Crippen LogP contribution in [0.5, 0.6) is 5.75 Å². The summed E-state index contributed by atoms with van der Waals surface area (Å²) in [5.74, 6) is 2.11. The van der Waals surface area contributed by atoms with E-state index in [1.54, 1.807) is 7.11 Å². The molecule has 1 aromatic rings. The topological polar surface area (TPSA) is 21.3 Å². The summed E-state index contributed by atoms with van der Waals surface area (Å²) in [7, 11) is 1.73. The summed E-state index contributed by atoms with van der Waals surface area (Å²) in [6.07, 6.45) is 1.16. The van der Waals surface area contributed by atoms with Crippen LogP contribution in [-0.2, 0) is 0 Å². The highest BCUT2D eigenvalue weighted by atomic mass is 32.2. The predicted molar refractivity (Wildman–Crippen MR) is 66.2 cm³/mol. The molecule has 0 fully saturated rings. The van der Waals surface area contributed by atoms with Crippen molar-refractivity contribution < 1.29 is 4.74 Å².